The van der Waals surface area contributed by atoms with E-state index in [1.54, 1.807) is 0 Å². The van der Waals surface area contributed by atoms with Gasteiger partial charge in [0.05, 0.1) is 6.17 Å². The van der Waals surface area contributed by atoms with Gasteiger partial charge in [-0.2, -0.15) is 0 Å². The van der Waals surface area contributed by atoms with E-state index >= 15 is 0 Å². The minimum absolute atomic E-state index is 0.0907. The Morgan fingerprint density at radius 1 is 1.54 bits per heavy atom. The molecule has 0 saturated carbocycles. The lowest BCUT2D eigenvalue weighted by Crippen LogP contribution is -2.51. The van der Waals surface area contributed by atoms with Crippen LogP contribution in [-0.2, 0) is 4.43 Å². The molecule has 1 heterocycles. The summed E-state index contributed by atoms with van der Waals surface area (Å²) in [4.78, 5) is 0. The Bertz CT molecular complexity index is 138. The summed E-state index contributed by atoms with van der Waals surface area (Å²) in [5.74, 6) is 0. The summed E-state index contributed by atoms with van der Waals surface area (Å²) in [7, 11) is -0.624. The summed E-state index contributed by atoms with van der Waals surface area (Å²) in [5.41, 5.74) is 6.26. The fourth-order valence-corrected chi connectivity index (χ4v) is 4.31. The van der Waals surface area contributed by atoms with Crippen molar-refractivity contribution in [3.05, 3.63) is 0 Å². The molecule has 0 spiro atoms. The van der Waals surface area contributed by atoms with Gasteiger partial charge in [0.2, 0.25) is 9.04 Å². The molecule has 2 unspecified atom stereocenters. The van der Waals surface area contributed by atoms with Crippen LogP contribution < -0.4 is 11.1 Å². The number of nitrogens with two attached hydrogens (primary N) is 1. The molecule has 1 saturated heterocycles. The van der Waals surface area contributed by atoms with Crippen LogP contribution in [0.2, 0.25) is 6.04 Å². The zero-order chi connectivity index (χ0) is 9.68. The normalized spacial score (nSPS) is 24.2. The SMILES string of the molecule is CCC(NC(C)N)[Si]1CCCCO1. The van der Waals surface area contributed by atoms with Gasteiger partial charge in [0.15, 0.2) is 0 Å². The molecule has 13 heavy (non-hydrogen) atoms. The monoisotopic (exact) mass is 201 g/mol. The van der Waals surface area contributed by atoms with E-state index in [0.29, 0.717) is 5.67 Å². The van der Waals surface area contributed by atoms with E-state index in [-0.39, 0.29) is 6.17 Å². The Balaban J connectivity index is 2.34. The first-order valence-electron chi connectivity index (χ1n) is 5.24. The number of nitrogens with one attached hydrogen (secondary N) is 1. The van der Waals surface area contributed by atoms with Crippen molar-refractivity contribution in [1.82, 2.24) is 5.32 Å². The van der Waals surface area contributed by atoms with Crippen molar-refractivity contribution in [2.24, 2.45) is 5.73 Å². The maximum atomic E-state index is 5.82. The Morgan fingerprint density at radius 2 is 2.31 bits per heavy atom. The molecular formula is C9H21N2OSi. The maximum absolute atomic E-state index is 5.82. The Kier molecular flexibility index (Phi) is 4.94. The molecule has 0 aromatic carbocycles. The highest BCUT2D eigenvalue weighted by molar-refractivity contribution is 6.53. The lowest BCUT2D eigenvalue weighted by Gasteiger charge is -2.29. The second-order valence-electron chi connectivity index (χ2n) is 3.69. The van der Waals surface area contributed by atoms with E-state index < -0.39 is 9.04 Å². The maximum Gasteiger partial charge on any atom is 0.229 e. The van der Waals surface area contributed by atoms with E-state index in [9.17, 15) is 0 Å². The van der Waals surface area contributed by atoms with Crippen LogP contribution >= 0.6 is 0 Å². The molecule has 3 N–H and O–H groups in total. The predicted molar refractivity (Wildman–Crippen MR) is 56.6 cm³/mol. The topological polar surface area (TPSA) is 47.3 Å². The van der Waals surface area contributed by atoms with Crippen LogP contribution in [0.3, 0.4) is 0 Å². The van der Waals surface area contributed by atoms with Crippen molar-refractivity contribution in [1.29, 1.82) is 0 Å². The van der Waals surface area contributed by atoms with E-state index in [1.807, 2.05) is 6.92 Å². The van der Waals surface area contributed by atoms with Gasteiger partial charge in [0, 0.05) is 12.3 Å². The first kappa shape index (κ1) is 11.2. The summed E-state index contributed by atoms with van der Waals surface area (Å²) in [5, 5.41) is 3.40. The third-order valence-electron chi connectivity index (χ3n) is 2.37. The summed E-state index contributed by atoms with van der Waals surface area (Å²) >= 11 is 0. The highest BCUT2D eigenvalue weighted by Gasteiger charge is 2.26. The molecule has 1 fully saturated rings. The third kappa shape index (κ3) is 3.77. The van der Waals surface area contributed by atoms with Gasteiger partial charge in [0.25, 0.3) is 0 Å². The van der Waals surface area contributed by atoms with E-state index in [1.165, 1.54) is 18.9 Å². The van der Waals surface area contributed by atoms with Gasteiger partial charge in [-0.15, -0.1) is 0 Å². The quantitative estimate of drug-likeness (QED) is 0.527. The average Bonchev–Trinajstić information content (AvgIpc) is 2.15. The largest absolute Gasteiger partial charge is 0.415 e. The molecule has 2 atom stereocenters. The highest BCUT2D eigenvalue weighted by Crippen LogP contribution is 2.15. The van der Waals surface area contributed by atoms with Crippen molar-refractivity contribution >= 4 is 9.04 Å². The number of rotatable bonds is 4. The van der Waals surface area contributed by atoms with Crippen molar-refractivity contribution in [3.63, 3.8) is 0 Å². The van der Waals surface area contributed by atoms with Crippen LogP contribution in [0.1, 0.15) is 33.1 Å². The van der Waals surface area contributed by atoms with Crippen molar-refractivity contribution in [2.75, 3.05) is 6.61 Å². The van der Waals surface area contributed by atoms with Crippen LogP contribution in [0.4, 0.5) is 0 Å². The molecule has 0 aliphatic carbocycles. The molecule has 0 aromatic heterocycles. The molecule has 77 valence electrons. The van der Waals surface area contributed by atoms with Crippen LogP contribution in [0.25, 0.3) is 0 Å². The lowest BCUT2D eigenvalue weighted by atomic mass is 10.4. The van der Waals surface area contributed by atoms with Gasteiger partial charge >= 0.3 is 0 Å². The molecule has 3 nitrogen and oxygen atoms in total. The van der Waals surface area contributed by atoms with Gasteiger partial charge in [-0.05, 0) is 25.8 Å². The molecular weight excluding hydrogens is 180 g/mol. The van der Waals surface area contributed by atoms with Crippen molar-refractivity contribution < 1.29 is 4.43 Å². The van der Waals surface area contributed by atoms with Crippen molar-refractivity contribution in [2.45, 2.75) is 51.0 Å². The fourth-order valence-electron chi connectivity index (χ4n) is 1.71. The zero-order valence-electron chi connectivity index (χ0n) is 8.68. The summed E-state index contributed by atoms with van der Waals surface area (Å²) in [6.45, 7) is 5.16. The Hall–Kier alpha value is 0.0969. The smallest absolute Gasteiger partial charge is 0.229 e. The number of hydrogen-bond acceptors (Lipinski definition) is 3. The second kappa shape index (κ2) is 5.75. The number of hydrogen-bond donors (Lipinski definition) is 2. The first-order valence-corrected chi connectivity index (χ1v) is 6.93. The fraction of sp³-hybridized carbons (Fsp3) is 1.00. The standard InChI is InChI=1S/C9H21N2OSi/c1-3-9(11-8(2)10)13-7-5-4-6-12-13/h8-9,11H,3-7,10H2,1-2H3. The van der Waals surface area contributed by atoms with Gasteiger partial charge in [-0.3, -0.25) is 5.32 Å². The van der Waals surface area contributed by atoms with Gasteiger partial charge in [-0.25, -0.2) is 0 Å². The Morgan fingerprint density at radius 3 is 2.77 bits per heavy atom. The van der Waals surface area contributed by atoms with Crippen LogP contribution in [0.15, 0.2) is 0 Å². The summed E-state index contributed by atoms with van der Waals surface area (Å²) < 4.78 is 5.82. The molecule has 0 amide bonds. The summed E-state index contributed by atoms with van der Waals surface area (Å²) in [6, 6.07) is 1.28. The summed E-state index contributed by atoms with van der Waals surface area (Å²) in [6.07, 6.45) is 3.80. The third-order valence-corrected chi connectivity index (χ3v) is 5.14. The van der Waals surface area contributed by atoms with E-state index in [4.69, 9.17) is 10.2 Å². The van der Waals surface area contributed by atoms with Crippen LogP contribution in [-0.4, -0.2) is 27.5 Å². The molecule has 1 rings (SSSR count). The predicted octanol–water partition coefficient (Wildman–Crippen LogP) is 1.00. The highest BCUT2D eigenvalue weighted by atomic mass is 28.3. The average molecular weight is 201 g/mol. The van der Waals surface area contributed by atoms with Crippen molar-refractivity contribution in [3.8, 4) is 0 Å². The molecule has 1 aliphatic rings. The lowest BCUT2D eigenvalue weighted by molar-refractivity contribution is 0.271. The zero-order valence-corrected chi connectivity index (χ0v) is 9.68. The molecule has 0 aromatic rings. The van der Waals surface area contributed by atoms with E-state index in [0.717, 1.165) is 13.0 Å². The minimum Gasteiger partial charge on any atom is -0.415 e. The molecule has 0 bridgehead atoms. The second-order valence-corrected chi connectivity index (χ2v) is 6.11. The Labute approximate surface area is 82.8 Å². The van der Waals surface area contributed by atoms with Crippen LogP contribution in [0, 0.1) is 0 Å². The van der Waals surface area contributed by atoms with Gasteiger partial charge in [0.1, 0.15) is 0 Å². The molecule has 4 heteroatoms. The van der Waals surface area contributed by atoms with E-state index in [2.05, 4.69) is 12.2 Å². The first-order chi connectivity index (χ1) is 6.24. The van der Waals surface area contributed by atoms with Gasteiger partial charge < -0.3 is 10.2 Å². The van der Waals surface area contributed by atoms with Crippen LogP contribution in [0.5, 0.6) is 0 Å². The minimum atomic E-state index is -0.624. The molecule has 1 radical (unpaired) electrons. The molecule has 1 aliphatic heterocycles. The van der Waals surface area contributed by atoms with Gasteiger partial charge in [-0.1, -0.05) is 13.3 Å².